The normalized spacial score (nSPS) is 13.1. The van der Waals surface area contributed by atoms with Crippen molar-refractivity contribution in [1.82, 2.24) is 0 Å². The van der Waals surface area contributed by atoms with Crippen molar-refractivity contribution in [3.63, 3.8) is 0 Å². The third-order valence-electron chi connectivity index (χ3n) is 1.26. The number of rotatable bonds is 1. The van der Waals surface area contributed by atoms with Crippen LogP contribution in [0.2, 0.25) is 0 Å². The molecule has 1 rings (SSSR count). The van der Waals surface area contributed by atoms with E-state index in [1.165, 1.54) is 5.56 Å². The number of alkyl halides is 1. The monoisotopic (exact) mass is 232 g/mol. The summed E-state index contributed by atoms with van der Waals surface area (Å²) in [6.07, 6.45) is 0. The minimum absolute atomic E-state index is 0.629. The van der Waals surface area contributed by atoms with E-state index in [-0.39, 0.29) is 0 Å². The van der Waals surface area contributed by atoms with Gasteiger partial charge in [-0.1, -0.05) is 52.9 Å². The first kappa shape index (κ1) is 7.06. The molecule has 0 spiro atoms. The summed E-state index contributed by atoms with van der Waals surface area (Å²) in [7, 11) is 0. The van der Waals surface area contributed by atoms with E-state index >= 15 is 0 Å². The number of hydrogen-bond acceptors (Lipinski definition) is 0. The predicted octanol–water partition coefficient (Wildman–Crippen LogP) is 3.18. The Balaban J connectivity index is 2.85. The second-order valence-electron chi connectivity index (χ2n) is 2.03. The number of hydrogen-bond donors (Lipinski definition) is 0. The Labute approximate surface area is 69.4 Å². The summed E-state index contributed by atoms with van der Waals surface area (Å²) in [4.78, 5) is 0. The number of halogens is 1. The summed E-state index contributed by atoms with van der Waals surface area (Å²) < 4.78 is 0.629. The molecule has 0 radical (unpaired) electrons. The van der Waals surface area contributed by atoms with Gasteiger partial charge in [-0.25, -0.2) is 0 Å². The second-order valence-corrected chi connectivity index (χ2v) is 3.90. The maximum Gasteiger partial charge on any atom is 0.0331 e. The van der Waals surface area contributed by atoms with Gasteiger partial charge in [0.1, 0.15) is 0 Å². The largest absolute Gasteiger partial charge is 0.0777 e. The van der Waals surface area contributed by atoms with Crippen LogP contribution < -0.4 is 0 Å². The van der Waals surface area contributed by atoms with E-state index in [0.29, 0.717) is 3.92 Å². The summed E-state index contributed by atoms with van der Waals surface area (Å²) in [5.74, 6) is 0. The lowest BCUT2D eigenvalue weighted by molar-refractivity contribution is 1.15. The maximum absolute atomic E-state index is 2.41. The Morgan fingerprint density at radius 1 is 1.22 bits per heavy atom. The lowest BCUT2D eigenvalue weighted by atomic mass is 10.2. The van der Waals surface area contributed by atoms with Crippen LogP contribution in [0.1, 0.15) is 16.4 Å². The van der Waals surface area contributed by atoms with Crippen molar-refractivity contribution in [2.24, 2.45) is 0 Å². The van der Waals surface area contributed by atoms with Crippen LogP contribution in [0.15, 0.2) is 30.3 Å². The quantitative estimate of drug-likeness (QED) is 0.515. The highest BCUT2D eigenvalue weighted by atomic mass is 127. The highest BCUT2D eigenvalue weighted by Gasteiger charge is 1.95. The van der Waals surface area contributed by atoms with Crippen molar-refractivity contribution >= 4 is 22.6 Å². The Hall–Kier alpha value is -0.0500. The van der Waals surface area contributed by atoms with Gasteiger partial charge in [0.05, 0.1) is 0 Å². The van der Waals surface area contributed by atoms with E-state index in [0.717, 1.165) is 0 Å². The molecule has 1 heteroatoms. The minimum atomic E-state index is 0.629. The van der Waals surface area contributed by atoms with Crippen molar-refractivity contribution in [3.05, 3.63) is 35.9 Å². The van der Waals surface area contributed by atoms with Crippen molar-refractivity contribution < 1.29 is 0 Å². The zero-order valence-electron chi connectivity index (χ0n) is 5.34. The molecule has 9 heavy (non-hydrogen) atoms. The molecule has 0 unspecified atom stereocenters. The predicted molar refractivity (Wildman–Crippen MR) is 48.9 cm³/mol. The molecule has 0 aromatic heterocycles. The van der Waals surface area contributed by atoms with Gasteiger partial charge in [0.15, 0.2) is 0 Å². The Morgan fingerprint density at radius 3 is 2.11 bits per heavy atom. The van der Waals surface area contributed by atoms with E-state index in [9.17, 15) is 0 Å². The zero-order chi connectivity index (χ0) is 6.69. The molecule has 0 bridgehead atoms. The Bertz CT molecular complexity index is 167. The van der Waals surface area contributed by atoms with Crippen molar-refractivity contribution in [3.8, 4) is 0 Å². The third kappa shape index (κ3) is 1.97. The lowest BCUT2D eigenvalue weighted by Crippen LogP contribution is -1.79. The van der Waals surface area contributed by atoms with E-state index in [1.807, 2.05) is 6.07 Å². The van der Waals surface area contributed by atoms with Crippen LogP contribution in [0.5, 0.6) is 0 Å². The van der Waals surface area contributed by atoms with Gasteiger partial charge in [-0.2, -0.15) is 0 Å². The van der Waals surface area contributed by atoms with Gasteiger partial charge < -0.3 is 0 Å². The van der Waals surface area contributed by atoms with Crippen molar-refractivity contribution in [1.29, 1.82) is 0 Å². The molecule has 0 aliphatic heterocycles. The average molecular weight is 232 g/mol. The minimum Gasteiger partial charge on any atom is -0.0777 e. The first-order valence-corrected chi connectivity index (χ1v) is 4.24. The molecule has 1 aromatic rings. The molecule has 1 aromatic carbocycles. The number of benzene rings is 1. The van der Waals surface area contributed by atoms with Gasteiger partial charge in [0, 0.05) is 3.92 Å². The van der Waals surface area contributed by atoms with Crippen LogP contribution in [0.4, 0.5) is 0 Å². The first-order valence-electron chi connectivity index (χ1n) is 2.99. The van der Waals surface area contributed by atoms with Crippen LogP contribution in [0.25, 0.3) is 0 Å². The van der Waals surface area contributed by atoms with E-state index in [4.69, 9.17) is 0 Å². The third-order valence-corrected chi connectivity index (χ3v) is 1.98. The molecular formula is C8H9I. The van der Waals surface area contributed by atoms with Gasteiger partial charge in [-0.3, -0.25) is 0 Å². The fourth-order valence-corrected chi connectivity index (χ4v) is 1.13. The standard InChI is InChI=1S/C8H9I/c1-7(9)8-5-3-2-4-6-8/h2-7H,1H3/t7-/m1/s1. The fourth-order valence-electron chi connectivity index (χ4n) is 0.718. The summed E-state index contributed by atoms with van der Waals surface area (Å²) in [5.41, 5.74) is 1.40. The topological polar surface area (TPSA) is 0 Å². The van der Waals surface area contributed by atoms with Gasteiger partial charge >= 0.3 is 0 Å². The highest BCUT2D eigenvalue weighted by Crippen LogP contribution is 2.20. The Kier molecular flexibility index (Phi) is 2.51. The van der Waals surface area contributed by atoms with Crippen LogP contribution >= 0.6 is 22.6 Å². The second kappa shape index (κ2) is 3.20. The molecular weight excluding hydrogens is 223 g/mol. The van der Waals surface area contributed by atoms with Crippen LogP contribution in [-0.4, -0.2) is 0 Å². The molecule has 0 fully saturated rings. The molecule has 0 saturated heterocycles. The van der Waals surface area contributed by atoms with Gasteiger partial charge in [-0.05, 0) is 12.5 Å². The summed E-state index contributed by atoms with van der Waals surface area (Å²) >= 11 is 2.41. The average Bonchev–Trinajstić information content (AvgIpc) is 1.90. The lowest BCUT2D eigenvalue weighted by Gasteiger charge is -1.99. The van der Waals surface area contributed by atoms with Crippen LogP contribution in [0, 0.1) is 0 Å². The smallest absolute Gasteiger partial charge is 0.0331 e. The molecule has 0 aliphatic carbocycles. The summed E-state index contributed by atoms with van der Waals surface area (Å²) in [5, 5.41) is 0. The highest BCUT2D eigenvalue weighted by molar-refractivity contribution is 14.1. The molecule has 0 nitrogen and oxygen atoms in total. The molecule has 0 amide bonds. The van der Waals surface area contributed by atoms with Crippen LogP contribution in [-0.2, 0) is 0 Å². The molecule has 0 saturated carbocycles. The van der Waals surface area contributed by atoms with Crippen molar-refractivity contribution in [2.45, 2.75) is 10.8 Å². The van der Waals surface area contributed by atoms with Crippen LogP contribution in [0.3, 0.4) is 0 Å². The maximum atomic E-state index is 2.41. The zero-order valence-corrected chi connectivity index (χ0v) is 7.50. The van der Waals surface area contributed by atoms with Gasteiger partial charge in [0.25, 0.3) is 0 Å². The first-order chi connectivity index (χ1) is 4.30. The fraction of sp³-hybridized carbons (Fsp3) is 0.250. The SMILES string of the molecule is C[C@@H](I)c1ccccc1. The molecule has 0 aliphatic rings. The van der Waals surface area contributed by atoms with Gasteiger partial charge in [-0.15, -0.1) is 0 Å². The summed E-state index contributed by atoms with van der Waals surface area (Å²) in [6.45, 7) is 2.19. The van der Waals surface area contributed by atoms with E-state index < -0.39 is 0 Å². The van der Waals surface area contributed by atoms with Crippen molar-refractivity contribution in [2.75, 3.05) is 0 Å². The summed E-state index contributed by atoms with van der Waals surface area (Å²) in [6, 6.07) is 10.5. The molecule has 1 atom stereocenters. The van der Waals surface area contributed by atoms with E-state index in [2.05, 4.69) is 53.8 Å². The van der Waals surface area contributed by atoms with E-state index in [1.54, 1.807) is 0 Å². The Morgan fingerprint density at radius 2 is 1.78 bits per heavy atom. The molecule has 0 N–H and O–H groups in total. The van der Waals surface area contributed by atoms with Gasteiger partial charge in [0.2, 0.25) is 0 Å². The molecule has 48 valence electrons. The molecule has 0 heterocycles.